The van der Waals surface area contributed by atoms with Crippen LogP contribution in [0.25, 0.3) is 0 Å². The average Bonchev–Trinajstić information content (AvgIpc) is 2.27. The van der Waals surface area contributed by atoms with E-state index < -0.39 is 0 Å². The second-order valence-electron chi connectivity index (χ2n) is 3.62. The van der Waals surface area contributed by atoms with E-state index in [1.54, 1.807) is 6.92 Å². The number of benzene rings is 1. The molecule has 0 aliphatic rings. The van der Waals surface area contributed by atoms with Crippen molar-refractivity contribution in [3.63, 3.8) is 0 Å². The number of terminal acetylenes is 1. The molecule has 1 unspecified atom stereocenters. The molecule has 1 rings (SSSR count). The van der Waals surface area contributed by atoms with Gasteiger partial charge in [0.15, 0.2) is 0 Å². The van der Waals surface area contributed by atoms with Crippen molar-refractivity contribution < 1.29 is 9.84 Å². The van der Waals surface area contributed by atoms with Gasteiger partial charge in [-0.15, -0.1) is 6.42 Å². The van der Waals surface area contributed by atoms with E-state index in [0.717, 1.165) is 17.9 Å². The van der Waals surface area contributed by atoms with E-state index in [4.69, 9.17) is 16.3 Å². The Kier molecular flexibility index (Phi) is 5.41. The van der Waals surface area contributed by atoms with E-state index in [-0.39, 0.29) is 6.10 Å². The Hall–Kier alpha value is -1.50. The fraction of sp³-hybridized carbons (Fsp3) is 0.385. The second-order valence-corrected chi connectivity index (χ2v) is 3.62. The first kappa shape index (κ1) is 12.6. The van der Waals surface area contributed by atoms with E-state index in [1.807, 2.05) is 24.3 Å². The highest BCUT2D eigenvalue weighted by Crippen LogP contribution is 2.11. The van der Waals surface area contributed by atoms with E-state index in [2.05, 4.69) is 11.2 Å². The lowest BCUT2D eigenvalue weighted by molar-refractivity contribution is 0.191. The first-order valence-corrected chi connectivity index (χ1v) is 5.26. The lowest BCUT2D eigenvalue weighted by Crippen LogP contribution is -2.23. The number of hydrogen-bond acceptors (Lipinski definition) is 3. The summed E-state index contributed by atoms with van der Waals surface area (Å²) >= 11 is 0. The second kappa shape index (κ2) is 6.89. The van der Waals surface area contributed by atoms with Gasteiger partial charge in [0.25, 0.3) is 0 Å². The molecule has 0 saturated carbocycles. The lowest BCUT2D eigenvalue weighted by atomic mass is 10.2. The number of aliphatic hydroxyl groups excluding tert-OH is 1. The molecule has 1 aromatic carbocycles. The quantitative estimate of drug-likeness (QED) is 0.706. The zero-order chi connectivity index (χ0) is 11.8. The minimum Gasteiger partial charge on any atom is -0.481 e. The standard InChI is InChI=1S/C13H17NO2/c1-3-8-16-13-6-4-12(5-7-13)10-14-9-11(2)15/h1,4-7,11,14-15H,8-10H2,2H3. The van der Waals surface area contributed by atoms with Crippen LogP contribution in [0.5, 0.6) is 5.75 Å². The predicted molar refractivity (Wildman–Crippen MR) is 64.2 cm³/mol. The summed E-state index contributed by atoms with van der Waals surface area (Å²) in [6.45, 7) is 3.37. The van der Waals surface area contributed by atoms with Crippen LogP contribution in [-0.4, -0.2) is 24.4 Å². The van der Waals surface area contributed by atoms with Gasteiger partial charge in [0, 0.05) is 13.1 Å². The molecule has 0 aromatic heterocycles. The van der Waals surface area contributed by atoms with Crippen LogP contribution in [0.4, 0.5) is 0 Å². The molecule has 2 N–H and O–H groups in total. The van der Waals surface area contributed by atoms with Crippen LogP contribution in [0.15, 0.2) is 24.3 Å². The van der Waals surface area contributed by atoms with Crippen molar-refractivity contribution in [2.24, 2.45) is 0 Å². The Labute approximate surface area is 96.4 Å². The maximum atomic E-state index is 9.07. The summed E-state index contributed by atoms with van der Waals surface area (Å²) in [6, 6.07) is 7.72. The van der Waals surface area contributed by atoms with Gasteiger partial charge in [-0.05, 0) is 24.6 Å². The van der Waals surface area contributed by atoms with Crippen molar-refractivity contribution in [1.29, 1.82) is 0 Å². The van der Waals surface area contributed by atoms with Gasteiger partial charge in [0.2, 0.25) is 0 Å². The van der Waals surface area contributed by atoms with Gasteiger partial charge in [-0.2, -0.15) is 0 Å². The van der Waals surface area contributed by atoms with Gasteiger partial charge < -0.3 is 15.2 Å². The fourth-order valence-corrected chi connectivity index (χ4v) is 1.25. The molecule has 86 valence electrons. The normalized spacial score (nSPS) is 11.8. The van der Waals surface area contributed by atoms with Gasteiger partial charge in [-0.25, -0.2) is 0 Å². The highest BCUT2D eigenvalue weighted by molar-refractivity contribution is 5.27. The average molecular weight is 219 g/mol. The van der Waals surface area contributed by atoms with Gasteiger partial charge >= 0.3 is 0 Å². The third-order valence-corrected chi connectivity index (χ3v) is 2.01. The van der Waals surface area contributed by atoms with Crippen molar-refractivity contribution in [2.45, 2.75) is 19.6 Å². The predicted octanol–water partition coefficient (Wildman–Crippen LogP) is 1.17. The first-order valence-electron chi connectivity index (χ1n) is 5.26. The van der Waals surface area contributed by atoms with Gasteiger partial charge in [0.05, 0.1) is 6.10 Å². The molecule has 0 amide bonds. The van der Waals surface area contributed by atoms with E-state index in [9.17, 15) is 0 Å². The van der Waals surface area contributed by atoms with Crippen LogP contribution >= 0.6 is 0 Å². The zero-order valence-corrected chi connectivity index (χ0v) is 9.44. The van der Waals surface area contributed by atoms with E-state index >= 15 is 0 Å². The van der Waals surface area contributed by atoms with Crippen molar-refractivity contribution in [2.75, 3.05) is 13.2 Å². The third-order valence-electron chi connectivity index (χ3n) is 2.01. The number of hydrogen-bond donors (Lipinski definition) is 2. The number of rotatable bonds is 6. The van der Waals surface area contributed by atoms with Crippen molar-refractivity contribution in [3.8, 4) is 18.1 Å². The Morgan fingerprint density at radius 2 is 2.12 bits per heavy atom. The molecule has 0 saturated heterocycles. The molecule has 0 heterocycles. The summed E-state index contributed by atoms with van der Waals surface area (Å²) < 4.78 is 5.26. The van der Waals surface area contributed by atoms with Crippen molar-refractivity contribution in [3.05, 3.63) is 29.8 Å². The Balaban J connectivity index is 2.36. The van der Waals surface area contributed by atoms with Gasteiger partial charge in [0.1, 0.15) is 12.4 Å². The number of nitrogens with one attached hydrogen (secondary N) is 1. The summed E-state index contributed by atoms with van der Waals surface area (Å²) in [6.07, 6.45) is 4.77. The number of ether oxygens (including phenoxy) is 1. The molecule has 3 nitrogen and oxygen atoms in total. The maximum absolute atomic E-state index is 9.07. The zero-order valence-electron chi connectivity index (χ0n) is 9.44. The molecular weight excluding hydrogens is 202 g/mol. The first-order chi connectivity index (χ1) is 7.72. The third kappa shape index (κ3) is 4.83. The molecular formula is C13H17NO2. The Morgan fingerprint density at radius 3 is 2.69 bits per heavy atom. The van der Waals surface area contributed by atoms with Gasteiger partial charge in [-0.1, -0.05) is 18.1 Å². The van der Waals surface area contributed by atoms with Crippen LogP contribution in [0.3, 0.4) is 0 Å². The van der Waals surface area contributed by atoms with Crippen LogP contribution in [0, 0.1) is 12.3 Å². The smallest absolute Gasteiger partial charge is 0.148 e. The Morgan fingerprint density at radius 1 is 1.44 bits per heavy atom. The molecule has 0 aliphatic carbocycles. The lowest BCUT2D eigenvalue weighted by Gasteiger charge is -2.07. The van der Waals surface area contributed by atoms with Crippen LogP contribution in [-0.2, 0) is 6.54 Å². The fourth-order valence-electron chi connectivity index (χ4n) is 1.25. The topological polar surface area (TPSA) is 41.5 Å². The monoisotopic (exact) mass is 219 g/mol. The summed E-state index contributed by atoms with van der Waals surface area (Å²) in [5, 5.41) is 12.2. The molecule has 0 aliphatic heterocycles. The minimum absolute atomic E-state index is 0.291. The molecule has 0 radical (unpaired) electrons. The maximum Gasteiger partial charge on any atom is 0.148 e. The largest absolute Gasteiger partial charge is 0.481 e. The summed E-state index contributed by atoms with van der Waals surface area (Å²) in [5.74, 6) is 3.19. The van der Waals surface area contributed by atoms with Crippen molar-refractivity contribution >= 4 is 0 Å². The van der Waals surface area contributed by atoms with E-state index in [0.29, 0.717) is 13.2 Å². The molecule has 0 bridgehead atoms. The molecule has 0 fully saturated rings. The van der Waals surface area contributed by atoms with E-state index in [1.165, 1.54) is 0 Å². The highest BCUT2D eigenvalue weighted by atomic mass is 16.5. The summed E-state index contributed by atoms with van der Waals surface area (Å²) in [5.41, 5.74) is 1.15. The Bertz CT molecular complexity index is 338. The van der Waals surface area contributed by atoms with Crippen LogP contribution in [0.2, 0.25) is 0 Å². The summed E-state index contributed by atoms with van der Waals surface area (Å²) in [7, 11) is 0. The number of aliphatic hydroxyl groups is 1. The SMILES string of the molecule is C#CCOc1ccc(CNCC(C)O)cc1. The molecule has 16 heavy (non-hydrogen) atoms. The molecule has 0 spiro atoms. The molecule has 1 aromatic rings. The minimum atomic E-state index is -0.321. The highest BCUT2D eigenvalue weighted by Gasteiger charge is 1.97. The van der Waals surface area contributed by atoms with Crippen LogP contribution < -0.4 is 10.1 Å². The summed E-state index contributed by atoms with van der Waals surface area (Å²) in [4.78, 5) is 0. The van der Waals surface area contributed by atoms with Crippen molar-refractivity contribution in [1.82, 2.24) is 5.32 Å². The van der Waals surface area contributed by atoms with Gasteiger partial charge in [-0.3, -0.25) is 0 Å². The van der Waals surface area contributed by atoms with Crippen LogP contribution in [0.1, 0.15) is 12.5 Å². The molecule has 3 heteroatoms. The molecule has 1 atom stereocenters.